The van der Waals surface area contributed by atoms with Crippen molar-refractivity contribution in [2.75, 3.05) is 0 Å². The molecule has 16 aromatic rings. The minimum atomic E-state index is -0.0460. The average molecular weight is 950 g/mol. The molecule has 0 unspecified atom stereocenters. The van der Waals surface area contributed by atoms with Crippen molar-refractivity contribution in [3.05, 3.63) is 233 Å². The first-order valence-corrected chi connectivity index (χ1v) is 25.2. The number of rotatable bonds is 5. The molecule has 6 aromatic heterocycles. The molecule has 0 amide bonds. The van der Waals surface area contributed by atoms with Crippen molar-refractivity contribution < 1.29 is 0 Å². The third-order valence-corrected chi connectivity index (χ3v) is 16.2. The lowest BCUT2D eigenvalue weighted by molar-refractivity contribution is 1.08. The summed E-state index contributed by atoms with van der Waals surface area (Å²) in [5, 5.41) is 11.8. The van der Waals surface area contributed by atoms with Gasteiger partial charge in [-0.15, -0.1) is 11.3 Å². The van der Waals surface area contributed by atoms with Crippen LogP contribution in [-0.4, -0.2) is 23.8 Å². The van der Waals surface area contributed by atoms with E-state index >= 15 is 0 Å². The molecule has 7 nitrogen and oxygen atoms in total. The Morgan fingerprint density at radius 3 is 1.59 bits per heavy atom. The normalized spacial score (nSPS) is 12.2. The molecule has 0 saturated heterocycles. The van der Waals surface area contributed by atoms with Gasteiger partial charge >= 0.3 is 0 Å². The van der Waals surface area contributed by atoms with Gasteiger partial charge in [0.1, 0.15) is 0 Å². The Morgan fingerprint density at radius 1 is 0.301 bits per heavy atom. The predicted octanol–water partition coefficient (Wildman–Crippen LogP) is 15.6. The number of hydrogen-bond acceptors (Lipinski definition) is 6. The Kier molecular flexibility index (Phi) is 8.22. The molecule has 6 heterocycles. The van der Waals surface area contributed by atoms with Crippen LogP contribution in [-0.2, 0) is 0 Å². The quantitative estimate of drug-likeness (QED) is 0.161. The maximum atomic E-state index is 14.3. The van der Waals surface area contributed by atoms with Crippen LogP contribution in [0.25, 0.3) is 153 Å². The van der Waals surface area contributed by atoms with Crippen molar-refractivity contribution in [3.8, 4) is 56.4 Å². The predicted molar refractivity (Wildman–Crippen MR) is 302 cm³/mol. The SMILES string of the molecule is O=c1c2ccccc2c2cccc3c4c(-c5nc(-c6ccccc6)nc(-c6cccc(-c7ccc8sc9ccc(-c%10ccc%11c%12ccccc%12c(=O)n%12c%13ccccc%13c%10c%11%12)cc9c8c7)c6)n5)cccc4n1c23. The minimum Gasteiger partial charge on any atom is -0.275 e. The number of fused-ring (bicyclic) bond motifs is 13. The second kappa shape index (κ2) is 14.9. The van der Waals surface area contributed by atoms with Gasteiger partial charge in [-0.3, -0.25) is 18.4 Å². The molecule has 338 valence electrons. The van der Waals surface area contributed by atoms with E-state index < -0.39 is 0 Å². The van der Waals surface area contributed by atoms with E-state index in [1.54, 1.807) is 11.3 Å². The van der Waals surface area contributed by atoms with Gasteiger partial charge in [0.2, 0.25) is 0 Å². The monoisotopic (exact) mass is 949 g/mol. The van der Waals surface area contributed by atoms with Gasteiger partial charge in [-0.25, -0.2) is 15.0 Å². The first kappa shape index (κ1) is 40.1. The van der Waals surface area contributed by atoms with E-state index in [9.17, 15) is 9.59 Å². The third kappa shape index (κ3) is 5.66. The Morgan fingerprint density at radius 2 is 0.822 bits per heavy atom. The van der Waals surface area contributed by atoms with Gasteiger partial charge in [0, 0.05) is 80.0 Å². The number of thiophene rings is 1. The Balaban J connectivity index is 0.848. The van der Waals surface area contributed by atoms with E-state index in [-0.39, 0.29) is 11.1 Å². The van der Waals surface area contributed by atoms with Crippen LogP contribution in [0.15, 0.2) is 222 Å². The van der Waals surface area contributed by atoms with Crippen molar-refractivity contribution in [2.24, 2.45) is 0 Å². The number of para-hydroxylation sites is 2. The number of benzene rings is 10. The molecule has 0 atom stereocenters. The second-order valence-electron chi connectivity index (χ2n) is 19.0. The first-order chi connectivity index (χ1) is 36.0. The molecular weight excluding hydrogens is 915 g/mol. The number of pyridine rings is 2. The molecule has 0 fully saturated rings. The van der Waals surface area contributed by atoms with Crippen LogP contribution in [0.1, 0.15) is 0 Å². The molecule has 0 aliphatic rings. The zero-order valence-electron chi connectivity index (χ0n) is 38.7. The largest absolute Gasteiger partial charge is 0.275 e. The summed E-state index contributed by atoms with van der Waals surface area (Å²) in [4.78, 5) is 44.1. The summed E-state index contributed by atoms with van der Waals surface area (Å²) >= 11 is 1.80. The molecule has 0 aliphatic heterocycles. The highest BCUT2D eigenvalue weighted by molar-refractivity contribution is 7.25. The van der Waals surface area contributed by atoms with Crippen LogP contribution >= 0.6 is 11.3 Å². The smallest absolute Gasteiger partial charge is 0.263 e. The zero-order chi connectivity index (χ0) is 48.1. The summed E-state index contributed by atoms with van der Waals surface area (Å²) in [5.74, 6) is 1.64. The van der Waals surface area contributed by atoms with E-state index in [4.69, 9.17) is 15.0 Å². The maximum Gasteiger partial charge on any atom is 0.263 e. The van der Waals surface area contributed by atoms with Crippen LogP contribution in [0.3, 0.4) is 0 Å². The minimum absolute atomic E-state index is 0.00615. The highest BCUT2D eigenvalue weighted by Crippen LogP contribution is 2.44. The molecule has 0 N–H and O–H groups in total. The van der Waals surface area contributed by atoms with Crippen LogP contribution in [0.5, 0.6) is 0 Å². The standard InChI is InChI=1S/C65H35N5O2S/c71-64-47-20-7-5-18-43(47)45-30-29-41(58-48-21-8-9-25-53(48)69(64)60(45)58)39-28-32-56-52(35-39)51-34-38(27-31-55(51)73-56)37-15-10-16-40(33-37)62-66-61(36-13-2-1-3-14-36)67-63(68-62)50-24-12-26-54-57(50)49-23-11-22-44-42-17-4-6-19-46(42)65(72)70(54)59(44)49/h1-35H. The Bertz CT molecular complexity index is 5150. The van der Waals surface area contributed by atoms with E-state index in [2.05, 4.69) is 121 Å². The summed E-state index contributed by atoms with van der Waals surface area (Å²) in [6.45, 7) is 0. The lowest BCUT2D eigenvalue weighted by atomic mass is 9.95. The molecule has 0 saturated carbocycles. The summed E-state index contributed by atoms with van der Waals surface area (Å²) in [6.07, 6.45) is 0. The molecule has 8 heteroatoms. The highest BCUT2D eigenvalue weighted by atomic mass is 32.1. The fourth-order valence-electron chi connectivity index (χ4n) is 11.9. The van der Waals surface area contributed by atoms with Gasteiger partial charge in [0.25, 0.3) is 11.1 Å². The van der Waals surface area contributed by atoms with Crippen LogP contribution in [0, 0.1) is 0 Å². The van der Waals surface area contributed by atoms with Gasteiger partial charge in [-0.2, -0.15) is 0 Å². The lowest BCUT2D eigenvalue weighted by Gasteiger charge is -2.11. The van der Waals surface area contributed by atoms with E-state index in [1.807, 2.05) is 99.8 Å². The van der Waals surface area contributed by atoms with Crippen molar-refractivity contribution in [3.63, 3.8) is 0 Å². The van der Waals surface area contributed by atoms with Crippen LogP contribution in [0.4, 0.5) is 0 Å². The number of hydrogen-bond donors (Lipinski definition) is 0. The van der Waals surface area contributed by atoms with E-state index in [0.29, 0.717) is 22.9 Å². The fourth-order valence-corrected chi connectivity index (χ4v) is 12.9. The van der Waals surface area contributed by atoms with E-state index in [1.165, 1.54) is 20.2 Å². The van der Waals surface area contributed by atoms with Crippen molar-refractivity contribution in [1.82, 2.24) is 23.8 Å². The molecule has 16 rings (SSSR count). The molecule has 0 radical (unpaired) electrons. The molecule has 10 aromatic carbocycles. The first-order valence-electron chi connectivity index (χ1n) is 24.3. The summed E-state index contributed by atoms with van der Waals surface area (Å²) in [7, 11) is 0. The number of aromatic nitrogens is 5. The molecule has 0 bridgehead atoms. The molecule has 73 heavy (non-hydrogen) atoms. The Hall–Kier alpha value is -9.63. The molecular formula is C65H35N5O2S. The average Bonchev–Trinajstić information content (AvgIpc) is 4.12. The van der Waals surface area contributed by atoms with Gasteiger partial charge in [-0.1, -0.05) is 158 Å². The maximum absolute atomic E-state index is 14.3. The molecule has 0 aliphatic carbocycles. The second-order valence-corrected chi connectivity index (χ2v) is 20.0. The Labute approximate surface area is 418 Å². The van der Waals surface area contributed by atoms with E-state index in [0.717, 1.165) is 109 Å². The van der Waals surface area contributed by atoms with Crippen LogP contribution < -0.4 is 11.1 Å². The third-order valence-electron chi connectivity index (χ3n) is 15.1. The van der Waals surface area contributed by atoms with Gasteiger partial charge in [0.05, 0.1) is 22.1 Å². The summed E-state index contributed by atoms with van der Waals surface area (Å²) in [5.41, 5.74) is 10.4. The zero-order valence-corrected chi connectivity index (χ0v) is 39.5. The van der Waals surface area contributed by atoms with Gasteiger partial charge in [-0.05, 0) is 87.6 Å². The number of nitrogens with zero attached hydrogens (tertiary/aromatic N) is 5. The molecule has 0 spiro atoms. The van der Waals surface area contributed by atoms with Crippen LogP contribution in [0.2, 0.25) is 0 Å². The lowest BCUT2D eigenvalue weighted by Crippen LogP contribution is -2.12. The van der Waals surface area contributed by atoms with Gasteiger partial charge < -0.3 is 0 Å². The van der Waals surface area contributed by atoms with Crippen molar-refractivity contribution in [2.45, 2.75) is 0 Å². The topological polar surface area (TPSA) is 81.6 Å². The fraction of sp³-hybridized carbons (Fsp3) is 0. The summed E-state index contributed by atoms with van der Waals surface area (Å²) < 4.78 is 6.20. The van der Waals surface area contributed by atoms with Crippen molar-refractivity contribution >= 4 is 107 Å². The van der Waals surface area contributed by atoms with Gasteiger partial charge in [0.15, 0.2) is 17.5 Å². The highest BCUT2D eigenvalue weighted by Gasteiger charge is 2.24. The summed E-state index contributed by atoms with van der Waals surface area (Å²) in [6, 6.07) is 72.8. The van der Waals surface area contributed by atoms with Crippen molar-refractivity contribution in [1.29, 1.82) is 0 Å².